The summed E-state index contributed by atoms with van der Waals surface area (Å²) in [6, 6.07) is 2.37. The summed E-state index contributed by atoms with van der Waals surface area (Å²) in [7, 11) is 0. The lowest BCUT2D eigenvalue weighted by Crippen LogP contribution is -2.09. The van der Waals surface area contributed by atoms with Crippen molar-refractivity contribution in [2.45, 2.75) is 12.3 Å². The molecular weight excluding hydrogens is 188 g/mol. The summed E-state index contributed by atoms with van der Waals surface area (Å²) in [5.41, 5.74) is -0.544. The molecule has 0 spiro atoms. The number of H-pyrrole nitrogens is 1. The van der Waals surface area contributed by atoms with Gasteiger partial charge in [0.15, 0.2) is 0 Å². The second-order valence-corrected chi connectivity index (χ2v) is 2.51. The van der Waals surface area contributed by atoms with Gasteiger partial charge in [0.25, 0.3) is 6.43 Å². The third-order valence-corrected chi connectivity index (χ3v) is 1.62. The minimum Gasteiger partial charge on any atom is -0.321 e. The van der Waals surface area contributed by atoms with Crippen molar-refractivity contribution in [1.82, 2.24) is 4.98 Å². The number of halogens is 3. The summed E-state index contributed by atoms with van der Waals surface area (Å²) < 4.78 is 24.1. The Balaban J connectivity index is 3.15. The summed E-state index contributed by atoms with van der Waals surface area (Å²) in [5.74, 6) is 0.0592. The number of nitrogens with one attached hydrogen (secondary N) is 1. The first-order chi connectivity index (χ1) is 5.63. The normalized spacial score (nSPS) is 10.7. The predicted molar refractivity (Wildman–Crippen MR) is 41.6 cm³/mol. The van der Waals surface area contributed by atoms with Crippen molar-refractivity contribution in [3.8, 4) is 0 Å². The zero-order valence-corrected chi connectivity index (χ0v) is 6.74. The fourth-order valence-corrected chi connectivity index (χ4v) is 0.973. The number of alkyl halides is 3. The van der Waals surface area contributed by atoms with E-state index >= 15 is 0 Å². The van der Waals surface area contributed by atoms with Crippen molar-refractivity contribution in [3.63, 3.8) is 0 Å². The van der Waals surface area contributed by atoms with Crippen LogP contribution in [-0.4, -0.2) is 4.98 Å². The van der Waals surface area contributed by atoms with E-state index in [1.54, 1.807) is 0 Å². The zero-order chi connectivity index (χ0) is 9.14. The van der Waals surface area contributed by atoms with Crippen molar-refractivity contribution in [2.24, 2.45) is 0 Å². The molecule has 1 N–H and O–H groups in total. The molecule has 1 rings (SSSR count). The number of hydrogen-bond donors (Lipinski definition) is 1. The lowest BCUT2D eigenvalue weighted by atomic mass is 10.2. The molecular formula is C7H6ClF2NO. The van der Waals surface area contributed by atoms with Gasteiger partial charge in [0.05, 0.1) is 5.69 Å². The van der Waals surface area contributed by atoms with Gasteiger partial charge in [-0.15, -0.1) is 11.6 Å². The van der Waals surface area contributed by atoms with E-state index in [2.05, 4.69) is 0 Å². The van der Waals surface area contributed by atoms with Gasteiger partial charge in [-0.25, -0.2) is 8.78 Å². The largest absolute Gasteiger partial charge is 0.321 e. The van der Waals surface area contributed by atoms with Crippen LogP contribution >= 0.6 is 11.6 Å². The molecule has 0 aromatic carbocycles. The van der Waals surface area contributed by atoms with Gasteiger partial charge in [0.1, 0.15) is 0 Å². The van der Waals surface area contributed by atoms with E-state index in [1.165, 1.54) is 12.1 Å². The fraction of sp³-hybridized carbons (Fsp3) is 0.286. The number of hydrogen-bond acceptors (Lipinski definition) is 1. The van der Waals surface area contributed by atoms with Crippen molar-refractivity contribution in [3.05, 3.63) is 33.7 Å². The van der Waals surface area contributed by atoms with Gasteiger partial charge in [-0.2, -0.15) is 0 Å². The highest BCUT2D eigenvalue weighted by Crippen LogP contribution is 2.15. The second-order valence-electron chi connectivity index (χ2n) is 2.24. The molecule has 1 heterocycles. The molecule has 0 aliphatic rings. The van der Waals surface area contributed by atoms with Gasteiger partial charge in [0, 0.05) is 11.9 Å². The highest BCUT2D eigenvalue weighted by atomic mass is 35.5. The van der Waals surface area contributed by atoms with Crippen LogP contribution in [0.4, 0.5) is 8.78 Å². The van der Waals surface area contributed by atoms with Crippen LogP contribution < -0.4 is 5.56 Å². The van der Waals surface area contributed by atoms with Gasteiger partial charge in [-0.3, -0.25) is 4.79 Å². The second kappa shape index (κ2) is 3.67. The van der Waals surface area contributed by atoms with Gasteiger partial charge >= 0.3 is 0 Å². The molecule has 0 saturated heterocycles. The maximum Gasteiger partial charge on any atom is 0.278 e. The molecule has 0 aliphatic carbocycles. The van der Waals surface area contributed by atoms with Crippen molar-refractivity contribution < 1.29 is 8.78 Å². The van der Waals surface area contributed by atoms with E-state index in [1.807, 2.05) is 4.98 Å². The molecule has 0 atom stereocenters. The Labute approximate surface area is 72.2 Å². The molecule has 2 nitrogen and oxygen atoms in total. The monoisotopic (exact) mass is 193 g/mol. The lowest BCUT2D eigenvalue weighted by Gasteiger charge is -2.00. The molecule has 0 aliphatic heterocycles. The minimum atomic E-state index is -2.67. The first kappa shape index (κ1) is 9.19. The fourth-order valence-electron chi connectivity index (χ4n) is 0.819. The van der Waals surface area contributed by atoms with Gasteiger partial charge in [-0.05, 0) is 11.6 Å². The molecule has 0 fully saturated rings. The molecule has 5 heteroatoms. The van der Waals surface area contributed by atoms with Crippen LogP contribution in [0, 0.1) is 0 Å². The van der Waals surface area contributed by atoms with E-state index in [9.17, 15) is 13.6 Å². The molecule has 0 saturated carbocycles. The number of pyridine rings is 1. The average molecular weight is 194 g/mol. The number of rotatable bonds is 2. The van der Waals surface area contributed by atoms with Crippen LogP contribution in [0.3, 0.4) is 0 Å². The van der Waals surface area contributed by atoms with E-state index in [0.29, 0.717) is 5.56 Å². The van der Waals surface area contributed by atoms with Gasteiger partial charge in [0.2, 0.25) is 5.56 Å². The lowest BCUT2D eigenvalue weighted by molar-refractivity contribution is 0.145. The van der Waals surface area contributed by atoms with Gasteiger partial charge < -0.3 is 4.98 Å². The summed E-state index contributed by atoms with van der Waals surface area (Å²) in [6.45, 7) is 0. The molecule has 12 heavy (non-hydrogen) atoms. The van der Waals surface area contributed by atoms with Crippen LogP contribution in [0.5, 0.6) is 0 Å². The van der Waals surface area contributed by atoms with E-state index in [4.69, 9.17) is 11.6 Å². The number of aromatic nitrogens is 1. The van der Waals surface area contributed by atoms with Crippen LogP contribution in [-0.2, 0) is 5.88 Å². The van der Waals surface area contributed by atoms with Crippen LogP contribution in [0.25, 0.3) is 0 Å². The first-order valence-electron chi connectivity index (χ1n) is 3.20. The minimum absolute atomic E-state index is 0.0592. The molecule has 0 unspecified atom stereocenters. The molecule has 1 aromatic rings. The van der Waals surface area contributed by atoms with Crippen LogP contribution in [0.2, 0.25) is 0 Å². The summed E-state index contributed by atoms with van der Waals surface area (Å²) in [6.07, 6.45) is -2.67. The van der Waals surface area contributed by atoms with Gasteiger partial charge in [-0.1, -0.05) is 0 Å². The highest BCUT2D eigenvalue weighted by molar-refractivity contribution is 6.17. The van der Waals surface area contributed by atoms with E-state index in [-0.39, 0.29) is 5.88 Å². The topological polar surface area (TPSA) is 32.9 Å². The predicted octanol–water partition coefficient (Wildman–Crippen LogP) is 2.05. The Morgan fingerprint density at radius 2 is 2.17 bits per heavy atom. The molecule has 0 amide bonds. The maximum absolute atomic E-state index is 12.1. The molecule has 66 valence electrons. The van der Waals surface area contributed by atoms with Crippen molar-refractivity contribution in [2.75, 3.05) is 0 Å². The van der Waals surface area contributed by atoms with Crippen molar-refractivity contribution in [1.29, 1.82) is 0 Å². The third kappa shape index (κ3) is 2.04. The molecule has 0 radical (unpaired) electrons. The highest BCUT2D eigenvalue weighted by Gasteiger charge is 2.08. The van der Waals surface area contributed by atoms with Crippen molar-refractivity contribution >= 4 is 11.6 Å². The Morgan fingerprint density at radius 1 is 1.50 bits per heavy atom. The quantitative estimate of drug-likeness (QED) is 0.717. The Hall–Kier alpha value is -0.900. The standard InChI is InChI=1S/C7H6ClF2NO/c8-3-4-1-5(7(9)10)11-6(12)2-4/h1-2,7H,3H2,(H,11,12). The maximum atomic E-state index is 12.1. The summed E-state index contributed by atoms with van der Waals surface area (Å²) in [5, 5.41) is 0. The van der Waals surface area contributed by atoms with E-state index < -0.39 is 17.7 Å². The van der Waals surface area contributed by atoms with Crippen LogP contribution in [0.1, 0.15) is 17.7 Å². The Bertz CT molecular complexity index is 323. The van der Waals surface area contributed by atoms with E-state index in [0.717, 1.165) is 0 Å². The third-order valence-electron chi connectivity index (χ3n) is 1.31. The average Bonchev–Trinajstić information content (AvgIpc) is 2.03. The Morgan fingerprint density at radius 3 is 2.67 bits per heavy atom. The molecule has 0 bridgehead atoms. The molecule has 1 aromatic heterocycles. The summed E-state index contributed by atoms with van der Waals surface area (Å²) >= 11 is 5.38. The first-order valence-corrected chi connectivity index (χ1v) is 3.74. The summed E-state index contributed by atoms with van der Waals surface area (Å²) in [4.78, 5) is 12.7. The SMILES string of the molecule is O=c1cc(CCl)cc(C(F)F)[nH]1. The zero-order valence-electron chi connectivity index (χ0n) is 5.98. The van der Waals surface area contributed by atoms with Crippen LogP contribution in [0.15, 0.2) is 16.9 Å². The smallest absolute Gasteiger partial charge is 0.278 e. The number of aromatic amines is 1. The Kier molecular flexibility index (Phi) is 2.81.